The number of hydrogen-bond acceptors (Lipinski definition) is 11. The fraction of sp³-hybridized carbons (Fsp3) is 0.448. The molecule has 256 valence electrons. The van der Waals surface area contributed by atoms with Gasteiger partial charge in [-0.15, -0.1) is 12.4 Å². The van der Waals surface area contributed by atoms with E-state index in [9.17, 15) is 37.5 Å². The quantitative estimate of drug-likeness (QED) is 0.273. The van der Waals surface area contributed by atoms with Crippen molar-refractivity contribution in [2.75, 3.05) is 64.9 Å². The highest BCUT2D eigenvalue weighted by Gasteiger charge is 2.43. The van der Waals surface area contributed by atoms with Crippen LogP contribution in [-0.4, -0.2) is 135 Å². The monoisotopic (exact) mass is 696 g/mol. The minimum atomic E-state index is -4.38. The number of esters is 1. The van der Waals surface area contributed by atoms with Crippen LogP contribution in [0.3, 0.4) is 0 Å². The Kier molecular flexibility index (Phi) is 12.9. The number of sulfonamides is 1. The van der Waals surface area contributed by atoms with E-state index in [1.165, 1.54) is 36.3 Å². The van der Waals surface area contributed by atoms with Crippen molar-refractivity contribution >= 4 is 57.8 Å². The Labute approximate surface area is 278 Å². The molecule has 2 atom stereocenters. The maximum absolute atomic E-state index is 14.1. The van der Waals surface area contributed by atoms with Crippen molar-refractivity contribution in [2.45, 2.75) is 29.8 Å². The van der Waals surface area contributed by atoms with Gasteiger partial charge in [0.15, 0.2) is 0 Å². The van der Waals surface area contributed by atoms with E-state index < -0.39 is 71.2 Å². The lowest BCUT2D eigenvalue weighted by molar-refractivity contribution is -0.159. The lowest BCUT2D eigenvalue weighted by Crippen LogP contribution is -2.63. The first-order chi connectivity index (χ1) is 21.9. The Morgan fingerprint density at radius 1 is 0.979 bits per heavy atom. The molecule has 18 heteroatoms. The number of carboxylic acids is 1. The molecule has 2 aliphatic heterocycles. The van der Waals surface area contributed by atoms with Gasteiger partial charge in [0.05, 0.1) is 32.0 Å². The molecule has 16 nitrogen and oxygen atoms in total. The normalized spacial score (nSPS) is 17.4. The first-order valence-corrected chi connectivity index (χ1v) is 15.9. The second kappa shape index (κ2) is 16.4. The zero-order chi connectivity index (χ0) is 33.4. The first kappa shape index (κ1) is 37.0. The number of aromatic nitrogens is 1. The summed E-state index contributed by atoms with van der Waals surface area (Å²) >= 11 is 0. The summed E-state index contributed by atoms with van der Waals surface area (Å²) in [6.07, 6.45) is 2.16. The number of carbonyl (C=O) groups is 5. The molecular formula is C29H37ClN6O10S. The average molecular weight is 697 g/mol. The van der Waals surface area contributed by atoms with E-state index in [1.54, 1.807) is 12.4 Å². The van der Waals surface area contributed by atoms with Gasteiger partial charge in [0.1, 0.15) is 24.4 Å². The van der Waals surface area contributed by atoms with Crippen LogP contribution in [0.5, 0.6) is 5.75 Å². The minimum Gasteiger partial charge on any atom is -0.497 e. The number of piperazine rings is 2. The molecule has 2 fully saturated rings. The third kappa shape index (κ3) is 9.30. The van der Waals surface area contributed by atoms with Gasteiger partial charge in [-0.25, -0.2) is 8.42 Å². The van der Waals surface area contributed by atoms with E-state index in [0.717, 1.165) is 22.6 Å². The molecule has 2 N–H and O–H groups in total. The summed E-state index contributed by atoms with van der Waals surface area (Å²) in [5.74, 6) is -3.96. The fourth-order valence-corrected chi connectivity index (χ4v) is 6.51. The van der Waals surface area contributed by atoms with E-state index in [1.807, 2.05) is 12.1 Å². The maximum atomic E-state index is 14.1. The summed E-state index contributed by atoms with van der Waals surface area (Å²) < 4.78 is 39.0. The lowest BCUT2D eigenvalue weighted by Gasteiger charge is -2.41. The van der Waals surface area contributed by atoms with Crippen LogP contribution in [0, 0.1) is 0 Å². The molecule has 1 aromatic heterocycles. The molecule has 2 unspecified atom stereocenters. The van der Waals surface area contributed by atoms with Crippen LogP contribution in [-0.2, 0) is 38.7 Å². The van der Waals surface area contributed by atoms with E-state index >= 15 is 0 Å². The largest absolute Gasteiger partial charge is 0.497 e. The number of carboxylic acid groups (broad SMARTS) is 1. The number of methoxy groups -OCH3 is 2. The van der Waals surface area contributed by atoms with Crippen LogP contribution >= 0.6 is 12.4 Å². The summed E-state index contributed by atoms with van der Waals surface area (Å²) in [6.45, 7) is 0.558. The number of ether oxygens (including phenoxy) is 2. The highest BCUT2D eigenvalue weighted by molar-refractivity contribution is 7.89. The van der Waals surface area contributed by atoms with Crippen molar-refractivity contribution in [2.24, 2.45) is 0 Å². The van der Waals surface area contributed by atoms with Crippen molar-refractivity contribution < 1.29 is 47.0 Å². The molecular weight excluding hydrogens is 660 g/mol. The number of anilines is 1. The first-order valence-electron chi connectivity index (χ1n) is 14.4. The zero-order valence-electron chi connectivity index (χ0n) is 25.8. The average Bonchev–Trinajstić information content (AvgIpc) is 3.06. The van der Waals surface area contributed by atoms with E-state index in [2.05, 4.69) is 14.6 Å². The highest BCUT2D eigenvalue weighted by Crippen LogP contribution is 2.22. The van der Waals surface area contributed by atoms with Crippen LogP contribution < -0.4 is 14.4 Å². The van der Waals surface area contributed by atoms with Gasteiger partial charge in [-0.05, 0) is 36.4 Å². The van der Waals surface area contributed by atoms with Crippen molar-refractivity contribution in [3.63, 3.8) is 0 Å². The number of amides is 3. The molecule has 4 rings (SSSR count). The summed E-state index contributed by atoms with van der Waals surface area (Å²) in [5, 5.41) is 9.24. The van der Waals surface area contributed by atoms with E-state index in [-0.39, 0.29) is 30.4 Å². The summed E-state index contributed by atoms with van der Waals surface area (Å²) in [6, 6.07) is 5.97. The molecule has 3 heterocycles. The van der Waals surface area contributed by atoms with Gasteiger partial charge in [0.2, 0.25) is 27.7 Å². The molecule has 2 aromatic rings. The molecule has 0 bridgehead atoms. The van der Waals surface area contributed by atoms with Crippen LogP contribution in [0.15, 0.2) is 53.7 Å². The maximum Gasteiger partial charge on any atom is 0.323 e. The number of carbonyl (C=O) groups excluding carboxylic acids is 4. The Morgan fingerprint density at radius 2 is 1.62 bits per heavy atom. The number of hydrogen-bond donors (Lipinski definition) is 2. The minimum absolute atomic E-state index is 0. The number of aliphatic carboxylic acids is 1. The van der Waals surface area contributed by atoms with Gasteiger partial charge in [-0.1, -0.05) is 0 Å². The molecule has 0 saturated carbocycles. The number of nitrogens with zero attached hydrogens (tertiary/aromatic N) is 5. The molecule has 0 spiro atoms. The summed E-state index contributed by atoms with van der Waals surface area (Å²) in [5.41, 5.74) is 0.936. The van der Waals surface area contributed by atoms with Gasteiger partial charge < -0.3 is 34.2 Å². The predicted molar refractivity (Wildman–Crippen MR) is 168 cm³/mol. The zero-order valence-corrected chi connectivity index (χ0v) is 27.4. The Hall–Kier alpha value is -4.48. The molecule has 1 aromatic carbocycles. The summed E-state index contributed by atoms with van der Waals surface area (Å²) in [4.78, 5) is 73.9. The van der Waals surface area contributed by atoms with Crippen molar-refractivity contribution in [1.82, 2.24) is 24.4 Å². The molecule has 2 saturated heterocycles. The van der Waals surface area contributed by atoms with Crippen LogP contribution in [0.1, 0.15) is 12.8 Å². The topological polar surface area (TPSA) is 196 Å². The van der Waals surface area contributed by atoms with Crippen molar-refractivity contribution in [3.05, 3.63) is 48.8 Å². The van der Waals surface area contributed by atoms with Crippen LogP contribution in [0.4, 0.5) is 5.69 Å². The van der Waals surface area contributed by atoms with Gasteiger partial charge in [0.25, 0.3) is 0 Å². The van der Waals surface area contributed by atoms with E-state index in [4.69, 9.17) is 9.47 Å². The lowest BCUT2D eigenvalue weighted by atomic mass is 10.0. The number of halogens is 1. The van der Waals surface area contributed by atoms with Crippen LogP contribution in [0.2, 0.25) is 0 Å². The third-order valence-electron chi connectivity index (χ3n) is 7.78. The Morgan fingerprint density at radius 3 is 2.19 bits per heavy atom. The number of rotatable bonds is 12. The number of pyridine rings is 1. The fourth-order valence-electron chi connectivity index (χ4n) is 5.32. The van der Waals surface area contributed by atoms with Crippen molar-refractivity contribution in [1.29, 1.82) is 0 Å². The van der Waals surface area contributed by atoms with Crippen LogP contribution in [0.25, 0.3) is 0 Å². The van der Waals surface area contributed by atoms with E-state index in [0.29, 0.717) is 31.9 Å². The number of nitrogens with one attached hydrogen (secondary N) is 1. The SMILES string of the molecule is COC(=O)CC1C(=O)N(CC(=O)O)CCN1C(=O)C(CC(=O)N1CCN(c2ccncc2)CC1)NS(=O)(=O)c1ccc(OC)cc1.Cl. The Balaban J connectivity index is 0.00000600. The second-order valence-corrected chi connectivity index (χ2v) is 12.3. The highest BCUT2D eigenvalue weighted by atomic mass is 35.5. The molecule has 47 heavy (non-hydrogen) atoms. The molecule has 0 aliphatic carbocycles. The number of benzene rings is 1. The van der Waals surface area contributed by atoms with Gasteiger partial charge in [0, 0.05) is 57.3 Å². The molecule has 0 radical (unpaired) electrons. The summed E-state index contributed by atoms with van der Waals surface area (Å²) in [7, 11) is -1.87. The predicted octanol–water partition coefficient (Wildman–Crippen LogP) is -0.415. The second-order valence-electron chi connectivity index (χ2n) is 10.6. The molecule has 2 aliphatic rings. The van der Waals surface area contributed by atoms with Gasteiger partial charge in [-0.2, -0.15) is 4.72 Å². The van der Waals surface area contributed by atoms with Crippen molar-refractivity contribution in [3.8, 4) is 5.75 Å². The Bertz CT molecular complexity index is 1540. The van der Waals surface area contributed by atoms with Gasteiger partial charge in [-0.3, -0.25) is 29.0 Å². The third-order valence-corrected chi connectivity index (χ3v) is 9.27. The van der Waals surface area contributed by atoms with Gasteiger partial charge >= 0.3 is 11.9 Å². The smallest absolute Gasteiger partial charge is 0.323 e. The molecule has 3 amide bonds. The standard InChI is InChI=1S/C29H36N6O10S.ClH/c1-44-21-3-5-22(6-4-21)46(42,43)31-23(17-25(36)33-13-11-32(12-14-33)20-7-9-30-10-8-20)28(40)35-16-15-34(19-26(37)38)29(41)24(35)18-27(39)45-2;/h3-10,23-24,31H,11-19H2,1-2H3,(H,37,38);1H.